The van der Waals surface area contributed by atoms with Crippen molar-refractivity contribution in [3.8, 4) is 11.5 Å². The standard InChI is InChI=1S/C20H20Cl2O5/c1-13-18(26-10-9-25-2)7-4-14(5-8-19(23)24)20(13)27-12-15-3-6-16(21)11-17(15)22/h3-8,11H,9-10,12H2,1-2H3,(H,23,24)/b8-5+. The predicted molar refractivity (Wildman–Crippen MR) is 106 cm³/mol. The minimum absolute atomic E-state index is 0.201. The molecule has 0 aromatic heterocycles. The van der Waals surface area contributed by atoms with Gasteiger partial charge in [0.25, 0.3) is 0 Å². The summed E-state index contributed by atoms with van der Waals surface area (Å²) in [4.78, 5) is 10.9. The van der Waals surface area contributed by atoms with Crippen LogP contribution < -0.4 is 9.47 Å². The first kappa shape index (κ1) is 21.1. The van der Waals surface area contributed by atoms with E-state index in [0.717, 1.165) is 17.2 Å². The van der Waals surface area contributed by atoms with Gasteiger partial charge in [-0.15, -0.1) is 0 Å². The van der Waals surface area contributed by atoms with E-state index >= 15 is 0 Å². The van der Waals surface area contributed by atoms with Crippen LogP contribution in [0.2, 0.25) is 10.0 Å². The fraction of sp³-hybridized carbons (Fsp3) is 0.250. The Balaban J connectivity index is 2.30. The van der Waals surface area contributed by atoms with Crippen molar-refractivity contribution >= 4 is 35.2 Å². The number of methoxy groups -OCH3 is 1. The van der Waals surface area contributed by atoms with Crippen molar-refractivity contribution in [2.45, 2.75) is 13.5 Å². The summed E-state index contributed by atoms with van der Waals surface area (Å²) in [7, 11) is 1.60. The number of carboxylic acid groups (broad SMARTS) is 1. The van der Waals surface area contributed by atoms with Crippen molar-refractivity contribution in [3.05, 3.63) is 63.1 Å². The summed E-state index contributed by atoms with van der Waals surface area (Å²) in [5.41, 5.74) is 2.14. The van der Waals surface area contributed by atoms with Gasteiger partial charge in [-0.05, 0) is 37.3 Å². The molecule has 0 unspecified atom stereocenters. The first-order valence-corrected chi connectivity index (χ1v) is 8.91. The molecule has 0 aliphatic carbocycles. The number of hydrogen-bond acceptors (Lipinski definition) is 4. The topological polar surface area (TPSA) is 65.0 Å². The van der Waals surface area contributed by atoms with Crippen LogP contribution in [0.3, 0.4) is 0 Å². The van der Waals surface area contributed by atoms with Crippen LogP contribution in [0.15, 0.2) is 36.4 Å². The first-order valence-electron chi connectivity index (χ1n) is 8.15. The van der Waals surface area contributed by atoms with E-state index in [9.17, 15) is 4.79 Å². The molecule has 0 radical (unpaired) electrons. The number of halogens is 2. The van der Waals surface area contributed by atoms with Gasteiger partial charge in [-0.1, -0.05) is 29.3 Å². The van der Waals surface area contributed by atoms with Gasteiger partial charge in [0.05, 0.1) is 6.61 Å². The zero-order valence-corrected chi connectivity index (χ0v) is 16.5. The fourth-order valence-corrected chi connectivity index (χ4v) is 2.82. The normalized spacial score (nSPS) is 11.0. The molecule has 0 fully saturated rings. The molecule has 0 amide bonds. The van der Waals surface area contributed by atoms with Gasteiger partial charge in [-0.25, -0.2) is 4.79 Å². The molecule has 0 heterocycles. The molecule has 0 spiro atoms. The summed E-state index contributed by atoms with van der Waals surface area (Å²) >= 11 is 12.1. The molecule has 1 N–H and O–H groups in total. The Morgan fingerprint density at radius 2 is 1.93 bits per heavy atom. The van der Waals surface area contributed by atoms with Gasteiger partial charge in [0.15, 0.2) is 0 Å². The maximum atomic E-state index is 10.9. The first-order chi connectivity index (χ1) is 12.9. The Hall–Kier alpha value is -2.21. The summed E-state index contributed by atoms with van der Waals surface area (Å²) < 4.78 is 16.7. The van der Waals surface area contributed by atoms with Crippen molar-refractivity contribution in [2.75, 3.05) is 20.3 Å². The van der Waals surface area contributed by atoms with Crippen molar-refractivity contribution in [1.29, 1.82) is 0 Å². The second kappa shape index (κ2) is 10.2. The lowest BCUT2D eigenvalue weighted by molar-refractivity contribution is -0.131. The Bertz CT molecular complexity index is 833. The smallest absolute Gasteiger partial charge is 0.328 e. The fourth-order valence-electron chi connectivity index (χ4n) is 2.36. The van der Waals surface area contributed by atoms with E-state index in [1.54, 1.807) is 37.4 Å². The highest BCUT2D eigenvalue weighted by atomic mass is 35.5. The van der Waals surface area contributed by atoms with Crippen molar-refractivity contribution in [3.63, 3.8) is 0 Å². The number of carbonyl (C=O) groups is 1. The van der Waals surface area contributed by atoms with Gasteiger partial charge >= 0.3 is 5.97 Å². The molecule has 0 saturated carbocycles. The molecule has 27 heavy (non-hydrogen) atoms. The van der Waals surface area contributed by atoms with Gasteiger partial charge in [0, 0.05) is 39.9 Å². The molecule has 0 aliphatic rings. The molecular weight excluding hydrogens is 391 g/mol. The van der Waals surface area contributed by atoms with Crippen LogP contribution in [0.4, 0.5) is 0 Å². The Morgan fingerprint density at radius 1 is 1.15 bits per heavy atom. The van der Waals surface area contributed by atoms with Crippen molar-refractivity contribution in [2.24, 2.45) is 0 Å². The largest absolute Gasteiger partial charge is 0.491 e. The molecule has 144 valence electrons. The SMILES string of the molecule is COCCOc1ccc(/C=C/C(=O)O)c(OCc2ccc(Cl)cc2Cl)c1C. The van der Waals surface area contributed by atoms with Crippen molar-refractivity contribution < 1.29 is 24.1 Å². The molecule has 0 saturated heterocycles. The van der Waals surface area contributed by atoms with E-state index in [4.69, 9.17) is 42.5 Å². The van der Waals surface area contributed by atoms with E-state index in [-0.39, 0.29) is 6.61 Å². The molecule has 2 aromatic rings. The van der Waals surface area contributed by atoms with E-state index in [0.29, 0.717) is 40.3 Å². The van der Waals surface area contributed by atoms with E-state index < -0.39 is 5.97 Å². The average Bonchev–Trinajstić information content (AvgIpc) is 2.62. The minimum atomic E-state index is -1.04. The maximum absolute atomic E-state index is 10.9. The van der Waals surface area contributed by atoms with Crippen LogP contribution in [-0.4, -0.2) is 31.4 Å². The Kier molecular flexibility index (Phi) is 7.98. The third-order valence-corrected chi connectivity index (χ3v) is 4.31. The zero-order valence-electron chi connectivity index (χ0n) is 15.0. The third-order valence-electron chi connectivity index (χ3n) is 3.72. The highest BCUT2D eigenvalue weighted by Gasteiger charge is 2.13. The Morgan fingerprint density at radius 3 is 2.59 bits per heavy atom. The van der Waals surface area contributed by atoms with Crippen LogP contribution in [0.5, 0.6) is 11.5 Å². The van der Waals surface area contributed by atoms with Crippen LogP contribution >= 0.6 is 23.2 Å². The number of carboxylic acids is 1. The third kappa shape index (κ3) is 6.17. The van der Waals surface area contributed by atoms with Gasteiger partial charge in [0.1, 0.15) is 24.7 Å². The lowest BCUT2D eigenvalue weighted by atomic mass is 10.1. The summed E-state index contributed by atoms with van der Waals surface area (Å²) in [5.74, 6) is 0.116. The van der Waals surface area contributed by atoms with Gasteiger partial charge < -0.3 is 19.3 Å². The average molecular weight is 411 g/mol. The number of benzene rings is 2. The molecule has 0 atom stereocenters. The Labute approximate surface area is 168 Å². The van der Waals surface area contributed by atoms with Crippen LogP contribution in [-0.2, 0) is 16.1 Å². The molecule has 7 heteroatoms. The minimum Gasteiger partial charge on any atom is -0.491 e. The second-order valence-electron chi connectivity index (χ2n) is 5.64. The van der Waals surface area contributed by atoms with Gasteiger partial charge in [-0.3, -0.25) is 0 Å². The molecule has 2 rings (SSSR count). The second-order valence-corrected chi connectivity index (χ2v) is 6.49. The van der Waals surface area contributed by atoms with E-state index in [2.05, 4.69) is 0 Å². The quantitative estimate of drug-likeness (QED) is 0.465. The number of ether oxygens (including phenoxy) is 3. The summed E-state index contributed by atoms with van der Waals surface area (Å²) in [6.07, 6.45) is 2.54. The number of hydrogen-bond donors (Lipinski definition) is 1. The number of aliphatic carboxylic acids is 1. The summed E-state index contributed by atoms with van der Waals surface area (Å²) in [6.45, 7) is 2.89. The lowest BCUT2D eigenvalue weighted by Crippen LogP contribution is -2.07. The summed E-state index contributed by atoms with van der Waals surface area (Å²) in [5, 5.41) is 9.94. The summed E-state index contributed by atoms with van der Waals surface area (Å²) in [6, 6.07) is 8.67. The highest BCUT2D eigenvalue weighted by molar-refractivity contribution is 6.35. The molecule has 2 aromatic carbocycles. The highest BCUT2D eigenvalue weighted by Crippen LogP contribution is 2.34. The lowest BCUT2D eigenvalue weighted by Gasteiger charge is -2.17. The van der Waals surface area contributed by atoms with Crippen LogP contribution in [0.25, 0.3) is 6.08 Å². The van der Waals surface area contributed by atoms with Crippen molar-refractivity contribution in [1.82, 2.24) is 0 Å². The zero-order chi connectivity index (χ0) is 19.8. The van der Waals surface area contributed by atoms with Crippen LogP contribution in [0.1, 0.15) is 16.7 Å². The number of rotatable bonds is 9. The molecule has 5 nitrogen and oxygen atoms in total. The predicted octanol–water partition coefficient (Wildman–Crippen LogP) is 5.00. The maximum Gasteiger partial charge on any atom is 0.328 e. The van der Waals surface area contributed by atoms with Gasteiger partial charge in [0.2, 0.25) is 0 Å². The van der Waals surface area contributed by atoms with E-state index in [1.165, 1.54) is 6.08 Å². The molecular formula is C20H20Cl2O5. The van der Waals surface area contributed by atoms with Gasteiger partial charge in [-0.2, -0.15) is 0 Å². The molecule has 0 bridgehead atoms. The van der Waals surface area contributed by atoms with E-state index in [1.807, 2.05) is 6.92 Å². The monoisotopic (exact) mass is 410 g/mol. The molecule has 0 aliphatic heterocycles. The van der Waals surface area contributed by atoms with Crippen LogP contribution in [0, 0.1) is 6.92 Å².